The van der Waals surface area contributed by atoms with E-state index >= 15 is 0 Å². The zero-order valence-electron chi connectivity index (χ0n) is 18.4. The van der Waals surface area contributed by atoms with Crippen LogP contribution in [0.25, 0.3) is 0 Å². The number of methoxy groups -OCH3 is 1. The summed E-state index contributed by atoms with van der Waals surface area (Å²) in [7, 11) is 1.73. The Bertz CT molecular complexity index is 632. The van der Waals surface area contributed by atoms with Crippen molar-refractivity contribution in [2.24, 2.45) is 23.2 Å². The third-order valence-electron chi connectivity index (χ3n) is 7.09. The van der Waals surface area contributed by atoms with Gasteiger partial charge in [0.2, 0.25) is 5.92 Å². The average Bonchev–Trinajstić information content (AvgIpc) is 2.68. The molecule has 29 heavy (non-hydrogen) atoms. The molecule has 0 bridgehead atoms. The van der Waals surface area contributed by atoms with Crippen LogP contribution in [0.4, 0.5) is 8.78 Å². The predicted molar refractivity (Wildman–Crippen MR) is 112 cm³/mol. The first-order valence-corrected chi connectivity index (χ1v) is 11.2. The fraction of sp³-hybridized carbons (Fsp3) is 0.792. The molecule has 1 aliphatic heterocycles. The largest absolute Gasteiger partial charge is 0.381 e. The summed E-state index contributed by atoms with van der Waals surface area (Å²) >= 11 is 0. The van der Waals surface area contributed by atoms with Crippen molar-refractivity contribution in [3.8, 4) is 0 Å². The highest BCUT2D eigenvalue weighted by Gasteiger charge is 2.38. The summed E-state index contributed by atoms with van der Waals surface area (Å²) in [5.41, 5.74) is 0.842. The van der Waals surface area contributed by atoms with E-state index in [1.54, 1.807) is 7.11 Å². The lowest BCUT2D eigenvalue weighted by atomic mass is 9.66. The molecule has 3 aliphatic rings. The Labute approximate surface area is 174 Å². The molecule has 0 aromatic carbocycles. The van der Waals surface area contributed by atoms with Crippen molar-refractivity contribution >= 4 is 5.91 Å². The van der Waals surface area contributed by atoms with E-state index in [0.29, 0.717) is 24.7 Å². The highest BCUT2D eigenvalue weighted by Crippen LogP contribution is 2.44. The van der Waals surface area contributed by atoms with Gasteiger partial charge in [-0.3, -0.25) is 4.79 Å². The zero-order chi connectivity index (χ0) is 21.2. The second-order valence-corrected chi connectivity index (χ2v) is 10.3. The first kappa shape index (κ1) is 22.5. The maximum atomic E-state index is 13.6. The van der Waals surface area contributed by atoms with Crippen LogP contribution >= 0.6 is 0 Å². The molecule has 2 aliphatic carbocycles. The lowest BCUT2D eigenvalue weighted by Gasteiger charge is -2.39. The summed E-state index contributed by atoms with van der Waals surface area (Å²) in [5.74, 6) is -1.52. The first-order chi connectivity index (χ1) is 13.6. The van der Waals surface area contributed by atoms with Crippen molar-refractivity contribution in [1.82, 2.24) is 4.90 Å². The Hall–Kier alpha value is -1.23. The number of piperidine rings is 1. The summed E-state index contributed by atoms with van der Waals surface area (Å²) in [4.78, 5) is 15.0. The third-order valence-corrected chi connectivity index (χ3v) is 7.09. The normalized spacial score (nSPS) is 29.0. The number of rotatable bonds is 4. The molecule has 0 spiro atoms. The summed E-state index contributed by atoms with van der Waals surface area (Å²) in [6.07, 6.45) is 10.4. The molecule has 3 nitrogen and oxygen atoms in total. The number of ether oxygens (including phenoxy) is 1. The van der Waals surface area contributed by atoms with Gasteiger partial charge in [-0.25, -0.2) is 8.78 Å². The maximum absolute atomic E-state index is 13.6. The van der Waals surface area contributed by atoms with E-state index in [0.717, 1.165) is 37.9 Å². The van der Waals surface area contributed by atoms with E-state index < -0.39 is 5.92 Å². The minimum absolute atomic E-state index is 0.00432. The number of halogens is 2. The standard InChI is InChI=1S/C24H37F2NO2/c1-23(2,3)21-6-5-18(22(28)27-13-9-20(29-4)10-14-27)16-19(21)15-17-7-11-24(25,26)12-8-17/h5-6,16-17,19-21H,7-15H2,1-4H3. The Morgan fingerprint density at radius 1 is 1.17 bits per heavy atom. The van der Waals surface area contributed by atoms with Gasteiger partial charge in [0.1, 0.15) is 0 Å². The number of likely N-dealkylation sites (tertiary alicyclic amines) is 1. The smallest absolute Gasteiger partial charge is 0.253 e. The number of allylic oxidation sites excluding steroid dienone is 2. The van der Waals surface area contributed by atoms with Gasteiger partial charge in [0.05, 0.1) is 6.10 Å². The molecule has 2 unspecified atom stereocenters. The highest BCUT2D eigenvalue weighted by atomic mass is 19.3. The SMILES string of the molecule is COC1CCN(C(=O)C2=CC(CC3CCC(F)(F)CC3)C(C(C)(C)C)C=C2)CC1. The molecular weight excluding hydrogens is 372 g/mol. The number of carbonyl (C=O) groups excluding carboxylic acids is 1. The number of amides is 1. The Balaban J connectivity index is 1.70. The minimum Gasteiger partial charge on any atom is -0.381 e. The fourth-order valence-electron chi connectivity index (χ4n) is 5.23. The number of alkyl halides is 2. The van der Waals surface area contributed by atoms with Gasteiger partial charge in [-0.2, -0.15) is 0 Å². The number of carbonyl (C=O) groups is 1. The number of nitrogens with zero attached hydrogens (tertiary/aromatic N) is 1. The predicted octanol–water partition coefficient (Wildman–Crippen LogP) is 5.61. The van der Waals surface area contributed by atoms with Crippen LogP contribution in [-0.2, 0) is 9.53 Å². The first-order valence-electron chi connectivity index (χ1n) is 11.2. The van der Waals surface area contributed by atoms with Crippen molar-refractivity contribution in [2.75, 3.05) is 20.2 Å². The zero-order valence-corrected chi connectivity index (χ0v) is 18.4. The quantitative estimate of drug-likeness (QED) is 0.604. The second-order valence-electron chi connectivity index (χ2n) is 10.3. The maximum Gasteiger partial charge on any atom is 0.253 e. The minimum atomic E-state index is -2.49. The lowest BCUT2D eigenvalue weighted by molar-refractivity contribution is -0.129. The van der Waals surface area contributed by atoms with Gasteiger partial charge >= 0.3 is 0 Å². The lowest BCUT2D eigenvalue weighted by Crippen LogP contribution is -2.41. The van der Waals surface area contributed by atoms with Crippen LogP contribution in [0.15, 0.2) is 23.8 Å². The number of hydrogen-bond donors (Lipinski definition) is 0. The Morgan fingerprint density at radius 3 is 2.34 bits per heavy atom. The third kappa shape index (κ3) is 5.68. The van der Waals surface area contributed by atoms with Crippen molar-refractivity contribution in [3.63, 3.8) is 0 Å². The van der Waals surface area contributed by atoms with Crippen molar-refractivity contribution < 1.29 is 18.3 Å². The molecule has 0 radical (unpaired) electrons. The molecular formula is C24H37F2NO2. The molecule has 5 heteroatoms. The molecule has 1 amide bonds. The van der Waals surface area contributed by atoms with Crippen molar-refractivity contribution in [3.05, 3.63) is 23.8 Å². The van der Waals surface area contributed by atoms with E-state index in [1.165, 1.54) is 0 Å². The summed E-state index contributed by atoms with van der Waals surface area (Å²) in [5, 5.41) is 0. The van der Waals surface area contributed by atoms with Crippen molar-refractivity contribution in [2.45, 2.75) is 77.7 Å². The topological polar surface area (TPSA) is 29.5 Å². The van der Waals surface area contributed by atoms with Crippen LogP contribution in [-0.4, -0.2) is 43.0 Å². The summed E-state index contributed by atoms with van der Waals surface area (Å²) in [6, 6.07) is 0. The molecule has 2 atom stereocenters. The van der Waals surface area contributed by atoms with Gasteiger partial charge in [0.25, 0.3) is 5.91 Å². The summed E-state index contributed by atoms with van der Waals surface area (Å²) in [6.45, 7) is 8.13. The van der Waals surface area contributed by atoms with E-state index in [2.05, 4.69) is 32.9 Å². The highest BCUT2D eigenvalue weighted by molar-refractivity contribution is 5.96. The second kappa shape index (κ2) is 8.87. The molecule has 164 valence electrons. The monoisotopic (exact) mass is 409 g/mol. The number of hydrogen-bond acceptors (Lipinski definition) is 2. The van der Waals surface area contributed by atoms with E-state index in [4.69, 9.17) is 4.74 Å². The van der Waals surface area contributed by atoms with Crippen LogP contribution in [0.3, 0.4) is 0 Å². The van der Waals surface area contributed by atoms with Crippen LogP contribution in [0.2, 0.25) is 0 Å². The van der Waals surface area contributed by atoms with Crippen LogP contribution in [0.1, 0.15) is 65.7 Å². The summed E-state index contributed by atoms with van der Waals surface area (Å²) < 4.78 is 32.5. The molecule has 0 aromatic heterocycles. The van der Waals surface area contributed by atoms with Crippen LogP contribution in [0, 0.1) is 23.2 Å². The van der Waals surface area contributed by atoms with E-state index in [-0.39, 0.29) is 36.2 Å². The average molecular weight is 410 g/mol. The van der Waals surface area contributed by atoms with Gasteiger partial charge in [0, 0.05) is 38.6 Å². The van der Waals surface area contributed by atoms with Gasteiger partial charge in [-0.05, 0) is 55.3 Å². The molecule has 0 N–H and O–H groups in total. The Kier molecular flexibility index (Phi) is 6.87. The van der Waals surface area contributed by atoms with E-state index in [1.807, 2.05) is 11.0 Å². The Morgan fingerprint density at radius 2 is 1.79 bits per heavy atom. The van der Waals surface area contributed by atoms with Gasteiger partial charge in [-0.1, -0.05) is 39.0 Å². The van der Waals surface area contributed by atoms with E-state index in [9.17, 15) is 13.6 Å². The van der Waals surface area contributed by atoms with Gasteiger partial charge in [-0.15, -0.1) is 0 Å². The van der Waals surface area contributed by atoms with Crippen LogP contribution in [0.5, 0.6) is 0 Å². The molecule has 1 saturated carbocycles. The van der Waals surface area contributed by atoms with Crippen LogP contribution < -0.4 is 0 Å². The molecule has 1 saturated heterocycles. The molecule has 3 rings (SSSR count). The fourth-order valence-corrected chi connectivity index (χ4v) is 5.23. The molecule has 2 fully saturated rings. The van der Waals surface area contributed by atoms with Crippen molar-refractivity contribution in [1.29, 1.82) is 0 Å². The molecule has 0 aromatic rings. The molecule has 1 heterocycles. The van der Waals surface area contributed by atoms with Gasteiger partial charge < -0.3 is 9.64 Å². The van der Waals surface area contributed by atoms with Gasteiger partial charge in [0.15, 0.2) is 0 Å².